The molecular weight excluding hydrogens is 422 g/mol. The molecule has 1 aliphatic rings. The minimum Gasteiger partial charge on any atom is -0.394 e. The lowest BCUT2D eigenvalue weighted by Crippen LogP contribution is -2.44. The normalized spacial score (nSPS) is 14.6. The summed E-state index contributed by atoms with van der Waals surface area (Å²) in [4.78, 5) is 13.8. The van der Waals surface area contributed by atoms with Crippen molar-refractivity contribution >= 4 is 33.7 Å². The SMILES string of the molecule is C.C=C(Nc1cc2cc(/C(=C/NC)CNC)ccc2cn1)c1ccnc(N2CCN(C)CC2)c1.[HH]. The van der Waals surface area contributed by atoms with Crippen LogP contribution in [0.2, 0.25) is 0 Å². The Morgan fingerprint density at radius 3 is 2.56 bits per heavy atom. The van der Waals surface area contributed by atoms with Crippen molar-refractivity contribution in [1.82, 2.24) is 25.5 Å². The number of benzene rings is 1. The number of pyridine rings is 2. The lowest BCUT2D eigenvalue weighted by molar-refractivity contribution is 0.312. The number of nitrogens with zero attached hydrogens (tertiary/aromatic N) is 4. The van der Waals surface area contributed by atoms with E-state index in [1.54, 1.807) is 0 Å². The molecule has 3 heterocycles. The second kappa shape index (κ2) is 11.6. The number of piperazine rings is 1. The topological polar surface area (TPSA) is 68.3 Å². The molecular formula is C27H39N7. The molecule has 1 aromatic carbocycles. The molecule has 3 N–H and O–H groups in total. The second-order valence-electron chi connectivity index (χ2n) is 8.42. The average molecular weight is 462 g/mol. The predicted octanol–water partition coefficient (Wildman–Crippen LogP) is 4.13. The van der Waals surface area contributed by atoms with E-state index in [0.29, 0.717) is 0 Å². The molecule has 182 valence electrons. The number of likely N-dealkylation sites (N-methyl/N-ethyl adjacent to an activating group) is 2. The van der Waals surface area contributed by atoms with Gasteiger partial charge in [0.15, 0.2) is 0 Å². The first kappa shape index (κ1) is 25.2. The van der Waals surface area contributed by atoms with Crippen LogP contribution in [0, 0.1) is 0 Å². The molecule has 0 unspecified atom stereocenters. The number of anilines is 2. The predicted molar refractivity (Wildman–Crippen MR) is 148 cm³/mol. The van der Waals surface area contributed by atoms with Crippen molar-refractivity contribution in [2.24, 2.45) is 0 Å². The number of hydrogen-bond acceptors (Lipinski definition) is 7. The van der Waals surface area contributed by atoms with Crippen LogP contribution in [-0.4, -0.2) is 68.7 Å². The van der Waals surface area contributed by atoms with E-state index in [0.717, 1.165) is 66.4 Å². The molecule has 2 aromatic heterocycles. The van der Waals surface area contributed by atoms with Crippen LogP contribution < -0.4 is 20.9 Å². The highest BCUT2D eigenvalue weighted by Crippen LogP contribution is 2.25. The van der Waals surface area contributed by atoms with Crippen LogP contribution >= 0.6 is 0 Å². The molecule has 0 spiro atoms. The Morgan fingerprint density at radius 1 is 1.03 bits per heavy atom. The van der Waals surface area contributed by atoms with Crippen LogP contribution in [0.3, 0.4) is 0 Å². The lowest BCUT2D eigenvalue weighted by Gasteiger charge is -2.33. The maximum atomic E-state index is 4.60. The molecule has 7 heteroatoms. The van der Waals surface area contributed by atoms with E-state index >= 15 is 0 Å². The smallest absolute Gasteiger partial charge is 0.130 e. The molecule has 0 aliphatic carbocycles. The first-order chi connectivity index (χ1) is 16.1. The highest BCUT2D eigenvalue weighted by atomic mass is 15.3. The van der Waals surface area contributed by atoms with Gasteiger partial charge in [-0.15, -0.1) is 0 Å². The molecule has 3 aromatic rings. The summed E-state index contributed by atoms with van der Waals surface area (Å²) in [5.41, 5.74) is 4.20. The van der Waals surface area contributed by atoms with Crippen LogP contribution in [0.15, 0.2) is 61.6 Å². The first-order valence-electron chi connectivity index (χ1n) is 11.3. The van der Waals surface area contributed by atoms with Gasteiger partial charge in [0.25, 0.3) is 0 Å². The summed E-state index contributed by atoms with van der Waals surface area (Å²) in [6, 6.07) is 12.6. The van der Waals surface area contributed by atoms with E-state index in [1.807, 2.05) is 38.8 Å². The van der Waals surface area contributed by atoms with Gasteiger partial charge in [0.1, 0.15) is 11.6 Å². The highest BCUT2D eigenvalue weighted by Gasteiger charge is 2.16. The monoisotopic (exact) mass is 461 g/mol. The van der Waals surface area contributed by atoms with Gasteiger partial charge in [-0.2, -0.15) is 0 Å². The Kier molecular flexibility index (Phi) is 8.62. The van der Waals surface area contributed by atoms with E-state index in [2.05, 4.69) is 79.7 Å². The van der Waals surface area contributed by atoms with Crippen molar-refractivity contribution in [3.8, 4) is 0 Å². The highest BCUT2D eigenvalue weighted by molar-refractivity contribution is 5.89. The molecule has 1 aliphatic heterocycles. The van der Waals surface area contributed by atoms with E-state index in [-0.39, 0.29) is 8.85 Å². The Labute approximate surface area is 205 Å². The van der Waals surface area contributed by atoms with Crippen molar-refractivity contribution in [1.29, 1.82) is 0 Å². The standard InChI is InChI=1S/C26H33N7.CH4.H2/c1-19(20-7-8-29-26(15-20)33-11-9-32(4)10-12-33)31-25-14-23-13-21(5-6-22(23)18-30-25)24(16-27-2)17-28-3;;/h5-8,13-16,18,27-28H,1,9-12,17H2,2-4H3,(H,30,31);1H4;1H/b24-16+;;. The van der Waals surface area contributed by atoms with Crippen molar-refractivity contribution < 1.29 is 1.43 Å². The quantitative estimate of drug-likeness (QED) is 0.466. The molecule has 1 saturated heterocycles. The summed E-state index contributed by atoms with van der Waals surface area (Å²) in [6.45, 7) is 9.12. The summed E-state index contributed by atoms with van der Waals surface area (Å²) in [7, 11) is 6.03. The zero-order valence-corrected chi connectivity index (χ0v) is 19.7. The van der Waals surface area contributed by atoms with Crippen LogP contribution in [0.1, 0.15) is 20.0 Å². The third kappa shape index (κ3) is 5.92. The number of hydrogen-bond donors (Lipinski definition) is 3. The van der Waals surface area contributed by atoms with Crippen LogP contribution in [0.5, 0.6) is 0 Å². The van der Waals surface area contributed by atoms with E-state index in [4.69, 9.17) is 0 Å². The van der Waals surface area contributed by atoms with Gasteiger partial charge < -0.3 is 25.8 Å². The van der Waals surface area contributed by atoms with Gasteiger partial charge in [-0.1, -0.05) is 26.1 Å². The molecule has 1 fully saturated rings. The van der Waals surface area contributed by atoms with Crippen LogP contribution in [0.25, 0.3) is 22.0 Å². The minimum absolute atomic E-state index is 0. The summed E-state index contributed by atoms with van der Waals surface area (Å²) >= 11 is 0. The van der Waals surface area contributed by atoms with Gasteiger partial charge in [-0.3, -0.25) is 0 Å². The number of rotatable bonds is 8. The minimum atomic E-state index is 0. The van der Waals surface area contributed by atoms with E-state index in [9.17, 15) is 0 Å². The van der Waals surface area contributed by atoms with Crippen molar-refractivity contribution in [2.45, 2.75) is 7.43 Å². The maximum Gasteiger partial charge on any atom is 0.130 e. The zero-order chi connectivity index (χ0) is 23.2. The first-order valence-corrected chi connectivity index (χ1v) is 11.3. The average Bonchev–Trinajstić information content (AvgIpc) is 2.84. The van der Waals surface area contributed by atoms with Gasteiger partial charge in [0.05, 0.1) is 0 Å². The molecule has 4 rings (SSSR count). The third-order valence-electron chi connectivity index (χ3n) is 5.98. The third-order valence-corrected chi connectivity index (χ3v) is 5.98. The summed E-state index contributed by atoms with van der Waals surface area (Å²) < 4.78 is 0. The number of nitrogens with one attached hydrogen (secondary N) is 3. The van der Waals surface area contributed by atoms with Crippen molar-refractivity contribution in [3.63, 3.8) is 0 Å². The fraction of sp³-hybridized carbons (Fsp3) is 0.333. The van der Waals surface area contributed by atoms with E-state index < -0.39 is 0 Å². The molecule has 0 saturated carbocycles. The van der Waals surface area contributed by atoms with Gasteiger partial charge in [0, 0.05) is 76.4 Å². The Hall–Kier alpha value is -3.42. The molecule has 0 atom stereocenters. The molecule has 7 nitrogen and oxygen atoms in total. The Morgan fingerprint density at radius 2 is 1.82 bits per heavy atom. The number of fused-ring (bicyclic) bond motifs is 1. The van der Waals surface area contributed by atoms with Gasteiger partial charge >= 0.3 is 0 Å². The largest absolute Gasteiger partial charge is 0.394 e. The van der Waals surface area contributed by atoms with Gasteiger partial charge in [-0.25, -0.2) is 9.97 Å². The molecule has 0 amide bonds. The zero-order valence-electron chi connectivity index (χ0n) is 19.7. The number of aromatic nitrogens is 2. The molecule has 34 heavy (non-hydrogen) atoms. The van der Waals surface area contributed by atoms with Crippen molar-refractivity contribution in [2.75, 3.05) is 64.1 Å². The second-order valence-corrected chi connectivity index (χ2v) is 8.42. The Bertz CT molecular complexity index is 1150. The van der Waals surface area contributed by atoms with Crippen LogP contribution in [-0.2, 0) is 0 Å². The lowest BCUT2D eigenvalue weighted by atomic mass is 10.0. The molecule has 0 bridgehead atoms. The summed E-state index contributed by atoms with van der Waals surface area (Å²) in [5, 5.41) is 12.0. The summed E-state index contributed by atoms with van der Waals surface area (Å²) in [5.74, 6) is 1.77. The van der Waals surface area contributed by atoms with Crippen LogP contribution in [0.4, 0.5) is 11.6 Å². The Balaban J connectivity index is 0.00000216. The van der Waals surface area contributed by atoms with Gasteiger partial charge in [-0.05, 0) is 54.9 Å². The van der Waals surface area contributed by atoms with E-state index in [1.165, 1.54) is 11.1 Å². The fourth-order valence-corrected chi connectivity index (χ4v) is 4.05. The maximum absolute atomic E-state index is 4.60. The van der Waals surface area contributed by atoms with Crippen molar-refractivity contribution in [3.05, 3.63) is 72.7 Å². The molecule has 0 radical (unpaired) electrons. The fourth-order valence-electron chi connectivity index (χ4n) is 4.05. The van der Waals surface area contributed by atoms with Gasteiger partial charge in [0.2, 0.25) is 0 Å². The summed E-state index contributed by atoms with van der Waals surface area (Å²) in [6.07, 6.45) is 5.78.